The number of phenolic OH excluding ortho intramolecular Hbond substituents is 1. The minimum Gasteiger partial charge on any atom is -0.505 e. The van der Waals surface area contributed by atoms with E-state index in [1.165, 1.54) is 20.3 Å². The Bertz CT molecular complexity index is 398. The van der Waals surface area contributed by atoms with Gasteiger partial charge in [0.1, 0.15) is 11.6 Å². The summed E-state index contributed by atoms with van der Waals surface area (Å²) in [6.07, 6.45) is 0. The molecule has 1 rings (SSSR count). The Morgan fingerprint density at radius 1 is 1.43 bits per heavy atom. The summed E-state index contributed by atoms with van der Waals surface area (Å²) in [5.41, 5.74) is -0.0307. The smallest absolute Gasteiger partial charge is 0.182 e. The fourth-order valence-electron chi connectivity index (χ4n) is 1.06. The van der Waals surface area contributed by atoms with Gasteiger partial charge in [0.15, 0.2) is 17.2 Å². The lowest BCUT2D eigenvalue weighted by atomic mass is 10.2. The SMILES string of the molecule is COc1cc(Cl)c(O)c(C#N)c1OC. The molecule has 14 heavy (non-hydrogen) atoms. The zero-order valence-corrected chi connectivity index (χ0v) is 8.42. The van der Waals surface area contributed by atoms with E-state index >= 15 is 0 Å². The highest BCUT2D eigenvalue weighted by atomic mass is 35.5. The highest BCUT2D eigenvalue weighted by molar-refractivity contribution is 6.32. The van der Waals surface area contributed by atoms with Gasteiger partial charge in [0, 0.05) is 6.07 Å². The summed E-state index contributed by atoms with van der Waals surface area (Å²) in [4.78, 5) is 0. The first kappa shape index (κ1) is 10.5. The molecule has 0 radical (unpaired) electrons. The van der Waals surface area contributed by atoms with Crippen molar-refractivity contribution in [2.45, 2.75) is 0 Å². The van der Waals surface area contributed by atoms with Gasteiger partial charge in [-0.25, -0.2) is 0 Å². The number of hydrogen-bond acceptors (Lipinski definition) is 4. The zero-order valence-electron chi connectivity index (χ0n) is 7.67. The predicted molar refractivity (Wildman–Crippen MR) is 50.9 cm³/mol. The van der Waals surface area contributed by atoms with Gasteiger partial charge >= 0.3 is 0 Å². The van der Waals surface area contributed by atoms with Crippen molar-refractivity contribution in [1.29, 1.82) is 5.26 Å². The van der Waals surface area contributed by atoms with Crippen LogP contribution in [-0.4, -0.2) is 19.3 Å². The van der Waals surface area contributed by atoms with Crippen LogP contribution < -0.4 is 9.47 Å². The molecule has 0 heterocycles. The maximum Gasteiger partial charge on any atom is 0.182 e. The number of rotatable bonds is 2. The van der Waals surface area contributed by atoms with Gasteiger partial charge in [-0.3, -0.25) is 0 Å². The van der Waals surface area contributed by atoms with E-state index in [1.807, 2.05) is 0 Å². The molecule has 0 fully saturated rings. The molecule has 4 nitrogen and oxygen atoms in total. The molecule has 0 aliphatic carbocycles. The van der Waals surface area contributed by atoms with Crippen molar-refractivity contribution in [3.8, 4) is 23.3 Å². The Morgan fingerprint density at radius 3 is 2.50 bits per heavy atom. The summed E-state index contributed by atoms with van der Waals surface area (Å²) in [7, 11) is 2.80. The van der Waals surface area contributed by atoms with Crippen molar-refractivity contribution in [1.82, 2.24) is 0 Å². The van der Waals surface area contributed by atoms with Crippen molar-refractivity contribution >= 4 is 11.6 Å². The van der Waals surface area contributed by atoms with Crippen molar-refractivity contribution in [2.75, 3.05) is 14.2 Å². The standard InChI is InChI=1S/C9H8ClNO3/c1-13-7-3-6(10)8(12)5(4-11)9(7)14-2/h3,12H,1-2H3. The highest BCUT2D eigenvalue weighted by Crippen LogP contribution is 2.41. The lowest BCUT2D eigenvalue weighted by Gasteiger charge is -2.10. The van der Waals surface area contributed by atoms with Crippen LogP contribution in [0.2, 0.25) is 5.02 Å². The Kier molecular flexibility index (Phi) is 3.05. The maximum atomic E-state index is 9.44. The normalized spacial score (nSPS) is 9.29. The molecule has 0 bridgehead atoms. The Labute approximate surface area is 86.2 Å². The molecule has 0 aliphatic heterocycles. The third-order valence-corrected chi connectivity index (χ3v) is 2.00. The second-order valence-electron chi connectivity index (χ2n) is 2.43. The Morgan fingerprint density at radius 2 is 2.07 bits per heavy atom. The van der Waals surface area contributed by atoms with Gasteiger partial charge in [-0.15, -0.1) is 0 Å². The predicted octanol–water partition coefficient (Wildman–Crippen LogP) is 1.93. The van der Waals surface area contributed by atoms with Gasteiger partial charge in [0.25, 0.3) is 0 Å². The van der Waals surface area contributed by atoms with Crippen LogP contribution in [0.15, 0.2) is 6.07 Å². The first-order valence-electron chi connectivity index (χ1n) is 3.69. The van der Waals surface area contributed by atoms with E-state index in [4.69, 9.17) is 26.3 Å². The maximum absolute atomic E-state index is 9.44. The molecule has 0 saturated heterocycles. The molecule has 0 saturated carbocycles. The van der Waals surface area contributed by atoms with Gasteiger partial charge in [0.2, 0.25) is 0 Å². The number of benzene rings is 1. The minimum absolute atomic E-state index is 0.0307. The summed E-state index contributed by atoms with van der Waals surface area (Å²) >= 11 is 5.67. The van der Waals surface area contributed by atoms with Gasteiger partial charge in [-0.05, 0) is 0 Å². The first-order valence-corrected chi connectivity index (χ1v) is 4.07. The molecule has 5 heteroatoms. The zero-order chi connectivity index (χ0) is 10.7. The summed E-state index contributed by atoms with van der Waals surface area (Å²) in [5.74, 6) is 0.190. The fraction of sp³-hybridized carbons (Fsp3) is 0.222. The third kappa shape index (κ3) is 1.54. The van der Waals surface area contributed by atoms with E-state index in [0.29, 0.717) is 5.75 Å². The van der Waals surface area contributed by atoms with Crippen molar-refractivity contribution < 1.29 is 14.6 Å². The summed E-state index contributed by atoms with van der Waals surface area (Å²) in [6, 6.07) is 3.18. The average molecular weight is 214 g/mol. The van der Waals surface area contributed by atoms with Gasteiger partial charge in [-0.1, -0.05) is 11.6 Å². The van der Waals surface area contributed by atoms with E-state index in [1.54, 1.807) is 6.07 Å². The number of aromatic hydroxyl groups is 1. The second kappa shape index (κ2) is 4.07. The van der Waals surface area contributed by atoms with Crippen LogP contribution in [0.1, 0.15) is 5.56 Å². The number of nitriles is 1. The molecule has 1 N–H and O–H groups in total. The number of ether oxygens (including phenoxy) is 2. The number of phenols is 1. The summed E-state index contributed by atoms with van der Waals surface area (Å²) < 4.78 is 9.87. The van der Waals surface area contributed by atoms with E-state index in [0.717, 1.165) is 0 Å². The number of halogens is 1. The van der Waals surface area contributed by atoms with E-state index in [2.05, 4.69) is 0 Å². The second-order valence-corrected chi connectivity index (χ2v) is 2.84. The molecule has 74 valence electrons. The Hall–Kier alpha value is -1.60. The van der Waals surface area contributed by atoms with E-state index in [-0.39, 0.29) is 22.1 Å². The summed E-state index contributed by atoms with van der Waals surface area (Å²) in [5, 5.41) is 18.3. The van der Waals surface area contributed by atoms with Crippen molar-refractivity contribution in [3.05, 3.63) is 16.7 Å². The van der Waals surface area contributed by atoms with Crippen molar-refractivity contribution in [2.24, 2.45) is 0 Å². The van der Waals surface area contributed by atoms with Crippen molar-refractivity contribution in [3.63, 3.8) is 0 Å². The molecular weight excluding hydrogens is 206 g/mol. The van der Waals surface area contributed by atoms with Crippen LogP contribution >= 0.6 is 11.6 Å². The van der Waals surface area contributed by atoms with E-state index in [9.17, 15) is 5.11 Å². The van der Waals surface area contributed by atoms with Crippen LogP contribution in [0.4, 0.5) is 0 Å². The summed E-state index contributed by atoms with van der Waals surface area (Å²) in [6.45, 7) is 0. The molecule has 0 spiro atoms. The van der Waals surface area contributed by atoms with Crippen LogP contribution in [-0.2, 0) is 0 Å². The van der Waals surface area contributed by atoms with Crippen LogP contribution in [0.25, 0.3) is 0 Å². The average Bonchev–Trinajstić information content (AvgIpc) is 2.20. The number of nitrogens with zero attached hydrogens (tertiary/aromatic N) is 1. The molecule has 0 unspecified atom stereocenters. The topological polar surface area (TPSA) is 62.5 Å². The lowest BCUT2D eigenvalue weighted by molar-refractivity contribution is 0.350. The van der Waals surface area contributed by atoms with Crippen LogP contribution in [0, 0.1) is 11.3 Å². The first-order chi connectivity index (χ1) is 6.65. The molecular formula is C9H8ClNO3. The molecule has 0 atom stereocenters. The molecule has 0 amide bonds. The Balaban J connectivity index is 3.52. The molecule has 1 aromatic carbocycles. The van der Waals surface area contributed by atoms with Gasteiger partial charge in [-0.2, -0.15) is 5.26 Å². The molecule has 1 aromatic rings. The number of methoxy groups -OCH3 is 2. The largest absolute Gasteiger partial charge is 0.505 e. The van der Waals surface area contributed by atoms with Crippen LogP contribution in [0.5, 0.6) is 17.2 Å². The van der Waals surface area contributed by atoms with Gasteiger partial charge in [0.05, 0.1) is 19.2 Å². The van der Waals surface area contributed by atoms with Crippen LogP contribution in [0.3, 0.4) is 0 Å². The van der Waals surface area contributed by atoms with Gasteiger partial charge < -0.3 is 14.6 Å². The highest BCUT2D eigenvalue weighted by Gasteiger charge is 2.17. The molecule has 0 aliphatic rings. The molecule has 0 aromatic heterocycles. The lowest BCUT2D eigenvalue weighted by Crippen LogP contribution is -1.94. The fourth-order valence-corrected chi connectivity index (χ4v) is 1.25. The van der Waals surface area contributed by atoms with E-state index < -0.39 is 0 Å². The quantitative estimate of drug-likeness (QED) is 0.816. The monoisotopic (exact) mass is 213 g/mol. The third-order valence-electron chi connectivity index (χ3n) is 1.71. The minimum atomic E-state index is -0.299. The number of hydrogen-bond donors (Lipinski definition) is 1.